The Balaban J connectivity index is 2.18. The van der Waals surface area contributed by atoms with Gasteiger partial charge in [0.2, 0.25) is 0 Å². The molecule has 0 unspecified atom stereocenters. The largest absolute Gasteiger partial charge is 0.316 e. The van der Waals surface area contributed by atoms with E-state index >= 15 is 0 Å². The third-order valence-electron chi connectivity index (χ3n) is 2.87. The van der Waals surface area contributed by atoms with E-state index in [1.54, 1.807) is 0 Å². The first kappa shape index (κ1) is 15.6. The van der Waals surface area contributed by atoms with Crippen molar-refractivity contribution in [2.24, 2.45) is 5.92 Å². The number of nitrogens with zero attached hydrogens (tertiary/aromatic N) is 1. The summed E-state index contributed by atoms with van der Waals surface area (Å²) in [5.74, 6) is 0.748. The molecule has 0 radical (unpaired) electrons. The van der Waals surface area contributed by atoms with E-state index in [0.717, 1.165) is 25.4 Å². The van der Waals surface area contributed by atoms with Gasteiger partial charge in [-0.15, -0.1) is 11.3 Å². The summed E-state index contributed by atoms with van der Waals surface area (Å²) >= 11 is 1.81. The molecule has 0 saturated carbocycles. The van der Waals surface area contributed by atoms with Gasteiger partial charge in [-0.05, 0) is 38.3 Å². The van der Waals surface area contributed by atoms with E-state index in [4.69, 9.17) is 4.98 Å². The number of hydrogen-bond donors (Lipinski definition) is 1. The zero-order valence-corrected chi connectivity index (χ0v) is 13.4. The molecule has 1 heterocycles. The molecule has 1 N–H and O–H groups in total. The van der Waals surface area contributed by atoms with E-state index in [1.165, 1.54) is 23.5 Å². The number of hydrogen-bond acceptors (Lipinski definition) is 3. The molecule has 0 amide bonds. The van der Waals surface area contributed by atoms with Crippen molar-refractivity contribution in [3.8, 4) is 0 Å². The average Bonchev–Trinajstić information content (AvgIpc) is 2.71. The maximum absolute atomic E-state index is 4.73. The van der Waals surface area contributed by atoms with Gasteiger partial charge in [0.15, 0.2) is 0 Å². The first-order valence-corrected chi connectivity index (χ1v) is 7.93. The summed E-state index contributed by atoms with van der Waals surface area (Å²) in [6.45, 7) is 13.4. The van der Waals surface area contributed by atoms with Crippen molar-refractivity contribution in [2.75, 3.05) is 13.1 Å². The standard InChI is InChI=1S/C15H28N2S/c1-12(2)10-16-9-7-6-8-14-17-13(11-18-14)15(3,4)5/h11-12,16H,6-10H2,1-5H3. The van der Waals surface area contributed by atoms with Gasteiger partial charge in [-0.1, -0.05) is 34.6 Å². The van der Waals surface area contributed by atoms with E-state index < -0.39 is 0 Å². The van der Waals surface area contributed by atoms with Crippen LogP contribution in [0.5, 0.6) is 0 Å². The normalized spacial score (nSPS) is 12.3. The van der Waals surface area contributed by atoms with Gasteiger partial charge in [-0.2, -0.15) is 0 Å². The smallest absolute Gasteiger partial charge is 0.0928 e. The van der Waals surface area contributed by atoms with Gasteiger partial charge in [0.25, 0.3) is 0 Å². The van der Waals surface area contributed by atoms with Crippen molar-refractivity contribution >= 4 is 11.3 Å². The topological polar surface area (TPSA) is 24.9 Å². The monoisotopic (exact) mass is 268 g/mol. The molecule has 0 aliphatic carbocycles. The van der Waals surface area contributed by atoms with Gasteiger partial charge in [0.05, 0.1) is 10.7 Å². The molecule has 0 aliphatic heterocycles. The fourth-order valence-corrected chi connectivity index (χ4v) is 2.75. The van der Waals surface area contributed by atoms with Crippen molar-refractivity contribution in [2.45, 2.75) is 59.3 Å². The molecular weight excluding hydrogens is 240 g/mol. The summed E-state index contributed by atoms with van der Waals surface area (Å²) in [5, 5.41) is 6.99. The van der Waals surface area contributed by atoms with Crippen LogP contribution in [0.4, 0.5) is 0 Å². The molecule has 0 bridgehead atoms. The van der Waals surface area contributed by atoms with Crippen LogP contribution >= 0.6 is 11.3 Å². The molecule has 2 nitrogen and oxygen atoms in total. The van der Waals surface area contributed by atoms with Crippen LogP contribution in [0.1, 0.15) is 58.2 Å². The SMILES string of the molecule is CC(C)CNCCCCc1nc(C(C)(C)C)cs1. The van der Waals surface area contributed by atoms with Crippen LogP contribution in [0.15, 0.2) is 5.38 Å². The second-order valence-electron chi connectivity index (χ2n) is 6.43. The predicted octanol–water partition coefficient (Wildman–Crippen LogP) is 4.01. The van der Waals surface area contributed by atoms with E-state index in [9.17, 15) is 0 Å². The van der Waals surface area contributed by atoms with Gasteiger partial charge in [0, 0.05) is 10.8 Å². The van der Waals surface area contributed by atoms with Crippen molar-refractivity contribution < 1.29 is 0 Å². The van der Waals surface area contributed by atoms with Crippen LogP contribution in [-0.2, 0) is 11.8 Å². The molecule has 0 aliphatic rings. The zero-order valence-electron chi connectivity index (χ0n) is 12.5. The Morgan fingerprint density at radius 2 is 2.00 bits per heavy atom. The van der Waals surface area contributed by atoms with E-state index in [2.05, 4.69) is 45.3 Å². The Labute approximate surface area is 116 Å². The number of aryl methyl sites for hydroxylation is 1. The first-order valence-electron chi connectivity index (χ1n) is 7.05. The second kappa shape index (κ2) is 7.25. The molecule has 104 valence electrons. The number of aromatic nitrogens is 1. The van der Waals surface area contributed by atoms with Crippen LogP contribution in [0.3, 0.4) is 0 Å². The average molecular weight is 268 g/mol. The number of rotatable bonds is 7. The van der Waals surface area contributed by atoms with Crippen LogP contribution in [-0.4, -0.2) is 18.1 Å². The molecule has 0 saturated heterocycles. The predicted molar refractivity (Wildman–Crippen MR) is 81.5 cm³/mol. The number of thiazole rings is 1. The highest BCUT2D eigenvalue weighted by Gasteiger charge is 2.16. The van der Waals surface area contributed by atoms with Gasteiger partial charge >= 0.3 is 0 Å². The fraction of sp³-hybridized carbons (Fsp3) is 0.800. The zero-order chi connectivity index (χ0) is 13.6. The third-order valence-corrected chi connectivity index (χ3v) is 3.78. The minimum Gasteiger partial charge on any atom is -0.316 e. The Hall–Kier alpha value is -0.410. The molecule has 0 atom stereocenters. The first-order chi connectivity index (χ1) is 8.39. The Morgan fingerprint density at radius 3 is 2.56 bits per heavy atom. The lowest BCUT2D eigenvalue weighted by Crippen LogP contribution is -2.20. The van der Waals surface area contributed by atoms with Crippen LogP contribution in [0.25, 0.3) is 0 Å². The summed E-state index contributed by atoms with van der Waals surface area (Å²) in [4.78, 5) is 4.73. The molecule has 3 heteroatoms. The van der Waals surface area contributed by atoms with Crippen molar-refractivity contribution in [3.05, 3.63) is 16.1 Å². The second-order valence-corrected chi connectivity index (χ2v) is 7.37. The van der Waals surface area contributed by atoms with E-state index in [0.29, 0.717) is 0 Å². The number of unbranched alkanes of at least 4 members (excludes halogenated alkanes) is 1. The molecule has 1 aromatic heterocycles. The van der Waals surface area contributed by atoms with Crippen LogP contribution in [0.2, 0.25) is 0 Å². The van der Waals surface area contributed by atoms with Gasteiger partial charge in [-0.25, -0.2) is 4.98 Å². The van der Waals surface area contributed by atoms with Gasteiger partial charge in [0.1, 0.15) is 0 Å². The number of nitrogens with one attached hydrogen (secondary N) is 1. The molecule has 1 rings (SSSR count). The van der Waals surface area contributed by atoms with E-state index in [1.807, 2.05) is 11.3 Å². The van der Waals surface area contributed by atoms with Gasteiger partial charge < -0.3 is 5.32 Å². The minimum absolute atomic E-state index is 0.188. The fourth-order valence-electron chi connectivity index (χ4n) is 1.69. The lowest BCUT2D eigenvalue weighted by molar-refractivity contribution is 0.534. The van der Waals surface area contributed by atoms with Crippen LogP contribution < -0.4 is 5.32 Å². The highest BCUT2D eigenvalue weighted by molar-refractivity contribution is 7.09. The highest BCUT2D eigenvalue weighted by atomic mass is 32.1. The maximum Gasteiger partial charge on any atom is 0.0928 e. The lowest BCUT2D eigenvalue weighted by atomic mass is 9.93. The Bertz CT molecular complexity index is 337. The van der Waals surface area contributed by atoms with Crippen LogP contribution in [0, 0.1) is 5.92 Å². The van der Waals surface area contributed by atoms with Crippen molar-refractivity contribution in [3.63, 3.8) is 0 Å². The maximum atomic E-state index is 4.73. The summed E-state index contributed by atoms with van der Waals surface area (Å²) in [6.07, 6.45) is 3.61. The summed E-state index contributed by atoms with van der Waals surface area (Å²) < 4.78 is 0. The summed E-state index contributed by atoms with van der Waals surface area (Å²) in [7, 11) is 0. The lowest BCUT2D eigenvalue weighted by Gasteiger charge is -2.14. The Morgan fingerprint density at radius 1 is 1.28 bits per heavy atom. The minimum atomic E-state index is 0.188. The van der Waals surface area contributed by atoms with Crippen molar-refractivity contribution in [1.29, 1.82) is 0 Å². The highest BCUT2D eigenvalue weighted by Crippen LogP contribution is 2.24. The Kier molecular flexibility index (Phi) is 6.30. The molecule has 0 aromatic carbocycles. The molecule has 18 heavy (non-hydrogen) atoms. The van der Waals surface area contributed by atoms with E-state index in [-0.39, 0.29) is 5.41 Å². The van der Waals surface area contributed by atoms with Gasteiger partial charge in [-0.3, -0.25) is 0 Å². The molecule has 0 fully saturated rings. The quantitative estimate of drug-likeness (QED) is 0.756. The summed E-state index contributed by atoms with van der Waals surface area (Å²) in [6, 6.07) is 0. The molecule has 0 spiro atoms. The third kappa shape index (κ3) is 5.96. The van der Waals surface area contributed by atoms with Crippen molar-refractivity contribution in [1.82, 2.24) is 10.3 Å². The molecule has 1 aromatic rings. The molecular formula is C15H28N2S. The summed E-state index contributed by atoms with van der Waals surface area (Å²) in [5.41, 5.74) is 1.42.